The van der Waals surface area contributed by atoms with Crippen molar-refractivity contribution in [1.29, 1.82) is 0 Å². The van der Waals surface area contributed by atoms with Gasteiger partial charge in [-0.1, -0.05) is 52.4 Å². The first-order valence-electron chi connectivity index (χ1n) is 8.01. The van der Waals surface area contributed by atoms with Gasteiger partial charge in [0.2, 0.25) is 0 Å². The monoisotopic (exact) mass is 394 g/mol. The summed E-state index contributed by atoms with van der Waals surface area (Å²) in [5.41, 5.74) is 0. The normalized spacial score (nSPS) is 12.3. The van der Waals surface area contributed by atoms with Gasteiger partial charge in [0.1, 0.15) is 0 Å². The van der Waals surface area contributed by atoms with E-state index in [0.29, 0.717) is 0 Å². The Balaban J connectivity index is -0.000000333. The minimum Gasteiger partial charge on any atom is -0.550 e. The van der Waals surface area contributed by atoms with Crippen molar-refractivity contribution in [3.8, 4) is 0 Å². The number of aliphatic carboxylic acids is 2. The molecule has 0 aromatic carbocycles. The van der Waals surface area contributed by atoms with Crippen molar-refractivity contribution >= 4 is 72.9 Å². The number of hydrogen-bond donors (Lipinski definition) is 0. The van der Waals surface area contributed by atoms with E-state index in [-0.39, 0.29) is 61.3 Å². The minimum atomic E-state index is -1.05. The van der Waals surface area contributed by atoms with Gasteiger partial charge in [-0.05, 0) is 12.8 Å². The minimum absolute atomic E-state index is 0. The second kappa shape index (κ2) is 20.8. The summed E-state index contributed by atoms with van der Waals surface area (Å²) in [6.07, 6.45) is 8.05. The number of carboxylic acid groups (broad SMARTS) is 2. The number of halogens is 2. The topological polar surface area (TPSA) is 80.3 Å². The number of hydrogen-bond acceptors (Lipinski definition) is 4. The number of carbonyl (C=O) groups excluding carboxylic acids is 2. The molecule has 0 bridgehead atoms. The van der Waals surface area contributed by atoms with E-state index in [1.165, 1.54) is 0 Å². The molecule has 132 valence electrons. The van der Waals surface area contributed by atoms with E-state index in [9.17, 15) is 19.8 Å². The van der Waals surface area contributed by atoms with Gasteiger partial charge in [0.15, 0.2) is 0 Å². The van der Waals surface area contributed by atoms with Crippen LogP contribution < -0.4 is 10.2 Å². The third kappa shape index (κ3) is 27.9. The Morgan fingerprint density at radius 1 is 0.783 bits per heavy atom. The Kier molecular flexibility index (Phi) is 25.9. The molecule has 23 heavy (non-hydrogen) atoms. The molecule has 4 nitrogen and oxygen atoms in total. The molecule has 0 saturated heterocycles. The molecule has 0 aromatic rings. The van der Waals surface area contributed by atoms with Crippen molar-refractivity contribution in [3.63, 3.8) is 0 Å². The molecule has 0 aliphatic carbocycles. The summed E-state index contributed by atoms with van der Waals surface area (Å²) in [4.78, 5) is 20.1. The maximum absolute atomic E-state index is 10.0. The predicted molar refractivity (Wildman–Crippen MR) is 92.6 cm³/mol. The fourth-order valence-corrected chi connectivity index (χ4v) is 2.36. The zero-order valence-electron chi connectivity index (χ0n) is 14.3. The molecule has 0 saturated carbocycles. The van der Waals surface area contributed by atoms with E-state index < -0.39 is 11.9 Å². The average molecular weight is 395 g/mol. The van der Waals surface area contributed by atoms with Gasteiger partial charge < -0.3 is 19.8 Å². The quantitative estimate of drug-likeness (QED) is 0.288. The Labute approximate surface area is 180 Å². The summed E-state index contributed by atoms with van der Waals surface area (Å²) < 4.78 is 0. The fourth-order valence-electron chi connectivity index (χ4n) is 1.80. The van der Waals surface area contributed by atoms with Crippen LogP contribution in [0.3, 0.4) is 0 Å². The van der Waals surface area contributed by atoms with Gasteiger partial charge in [-0.25, -0.2) is 0 Å². The number of alkyl halides is 2. The zero-order chi connectivity index (χ0) is 17.4. The maximum atomic E-state index is 10.0. The van der Waals surface area contributed by atoms with Crippen LogP contribution in [0.5, 0.6) is 0 Å². The molecule has 0 spiro atoms. The van der Waals surface area contributed by atoms with E-state index in [0.717, 1.165) is 51.4 Å². The van der Waals surface area contributed by atoms with Crippen molar-refractivity contribution in [2.75, 3.05) is 0 Å². The number of unbranched alkanes of at least 4 members (excludes halogenated alkanes) is 4. The first kappa shape index (κ1) is 28.6. The Hall–Kier alpha value is 0.780. The van der Waals surface area contributed by atoms with Gasteiger partial charge in [0, 0.05) is 35.5 Å². The molecule has 0 aliphatic heterocycles. The molecule has 2 unspecified atom stereocenters. The van der Waals surface area contributed by atoms with E-state index in [1.807, 2.05) is 0 Å². The summed E-state index contributed by atoms with van der Waals surface area (Å²) in [6.45, 7) is 4.20. The SMILES string of the molecule is CCCCCC(Cl)CC(=O)[O-].CCCCCC(Cl)CC(=O)[O-].[Ca+2]. The van der Waals surface area contributed by atoms with Crippen LogP contribution in [0.1, 0.15) is 78.1 Å². The van der Waals surface area contributed by atoms with Gasteiger partial charge >= 0.3 is 37.7 Å². The summed E-state index contributed by atoms with van der Waals surface area (Å²) in [5.74, 6) is -2.11. The number of carbonyl (C=O) groups is 2. The predicted octanol–water partition coefficient (Wildman–Crippen LogP) is 2.25. The molecule has 0 amide bonds. The van der Waals surface area contributed by atoms with Crippen molar-refractivity contribution in [1.82, 2.24) is 0 Å². The third-order valence-electron chi connectivity index (χ3n) is 3.02. The zero-order valence-corrected chi connectivity index (χ0v) is 18.0. The Morgan fingerprint density at radius 2 is 1.09 bits per heavy atom. The van der Waals surface area contributed by atoms with Crippen molar-refractivity contribution in [2.24, 2.45) is 0 Å². The van der Waals surface area contributed by atoms with Gasteiger partial charge in [0.05, 0.1) is 0 Å². The van der Waals surface area contributed by atoms with E-state index in [2.05, 4.69) is 13.8 Å². The molecule has 0 aliphatic rings. The summed E-state index contributed by atoms with van der Waals surface area (Å²) in [6, 6.07) is 0. The molecule has 0 radical (unpaired) electrons. The largest absolute Gasteiger partial charge is 2.00 e. The van der Waals surface area contributed by atoms with Crippen molar-refractivity contribution in [3.05, 3.63) is 0 Å². The summed E-state index contributed by atoms with van der Waals surface area (Å²) >= 11 is 11.4. The van der Waals surface area contributed by atoms with Gasteiger partial charge in [-0.15, -0.1) is 23.2 Å². The van der Waals surface area contributed by atoms with Crippen LogP contribution in [0, 0.1) is 0 Å². The number of carboxylic acids is 2. The van der Waals surface area contributed by atoms with E-state index >= 15 is 0 Å². The van der Waals surface area contributed by atoms with Crippen LogP contribution in [0.15, 0.2) is 0 Å². The van der Waals surface area contributed by atoms with Crippen molar-refractivity contribution < 1.29 is 19.8 Å². The second-order valence-corrected chi connectivity index (χ2v) is 6.57. The molecule has 0 rings (SSSR count). The first-order valence-corrected chi connectivity index (χ1v) is 8.88. The third-order valence-corrected chi connectivity index (χ3v) is 3.76. The standard InChI is InChI=1S/2C8H15ClO2.Ca/c2*1-2-3-4-5-7(9)6-8(10)11;/h2*7H,2-6H2,1H3,(H,10,11);/q;;+2/p-2. The van der Waals surface area contributed by atoms with Gasteiger partial charge in [-0.2, -0.15) is 0 Å². The number of rotatable bonds is 12. The van der Waals surface area contributed by atoms with Crippen LogP contribution in [0.4, 0.5) is 0 Å². The summed E-state index contributed by atoms with van der Waals surface area (Å²) in [5, 5.41) is 19.6. The van der Waals surface area contributed by atoms with Crippen molar-refractivity contribution in [2.45, 2.75) is 88.8 Å². The van der Waals surface area contributed by atoms with Crippen LogP contribution in [0.25, 0.3) is 0 Å². The Bertz CT molecular complexity index is 263. The molecular weight excluding hydrogens is 367 g/mol. The van der Waals surface area contributed by atoms with E-state index in [4.69, 9.17) is 23.2 Å². The molecule has 0 N–H and O–H groups in total. The fraction of sp³-hybridized carbons (Fsp3) is 0.875. The first-order chi connectivity index (χ1) is 10.3. The molecule has 0 fully saturated rings. The van der Waals surface area contributed by atoms with E-state index in [1.54, 1.807) is 0 Å². The van der Waals surface area contributed by atoms with Crippen LogP contribution in [0.2, 0.25) is 0 Å². The average Bonchev–Trinajstić information content (AvgIpc) is 2.38. The van der Waals surface area contributed by atoms with Crippen LogP contribution in [-0.4, -0.2) is 60.4 Å². The second-order valence-electron chi connectivity index (χ2n) is 5.34. The van der Waals surface area contributed by atoms with Gasteiger partial charge in [0.25, 0.3) is 0 Å². The molecule has 2 atom stereocenters. The molecule has 7 heteroatoms. The smallest absolute Gasteiger partial charge is 0.550 e. The van der Waals surface area contributed by atoms with Crippen LogP contribution >= 0.6 is 23.2 Å². The molecular formula is C16H28CaCl2O4. The Morgan fingerprint density at radius 3 is 1.30 bits per heavy atom. The van der Waals surface area contributed by atoms with Crippen LogP contribution in [-0.2, 0) is 9.59 Å². The summed E-state index contributed by atoms with van der Waals surface area (Å²) in [7, 11) is 0. The maximum Gasteiger partial charge on any atom is 2.00 e. The molecule has 0 heterocycles. The molecule has 0 aromatic heterocycles. The van der Waals surface area contributed by atoms with Gasteiger partial charge in [-0.3, -0.25) is 0 Å².